The van der Waals surface area contributed by atoms with Crippen molar-refractivity contribution in [2.75, 3.05) is 18.9 Å². The molecule has 2 atom stereocenters. The van der Waals surface area contributed by atoms with Crippen molar-refractivity contribution in [3.63, 3.8) is 0 Å². The lowest BCUT2D eigenvalue weighted by atomic mass is 10.0. The van der Waals surface area contributed by atoms with Gasteiger partial charge in [-0.3, -0.25) is 9.59 Å². The highest BCUT2D eigenvalue weighted by atomic mass is 16.7. The largest absolute Gasteiger partial charge is 0.508 e. The van der Waals surface area contributed by atoms with Crippen LogP contribution in [0.15, 0.2) is 18.5 Å². The monoisotopic (exact) mass is 507 g/mol. The number of fused-ring (bicyclic) bond motifs is 1. The van der Waals surface area contributed by atoms with Gasteiger partial charge in [-0.15, -0.1) is 0 Å². The summed E-state index contributed by atoms with van der Waals surface area (Å²) in [6.07, 6.45) is 1.68. The predicted octanol–water partition coefficient (Wildman–Crippen LogP) is 3.20. The summed E-state index contributed by atoms with van der Waals surface area (Å²) in [5.41, 5.74) is 6.08. The summed E-state index contributed by atoms with van der Waals surface area (Å²) in [5.74, 6) is -0.918. The van der Waals surface area contributed by atoms with Gasteiger partial charge in [0.1, 0.15) is 30.6 Å². The van der Waals surface area contributed by atoms with Crippen LogP contribution >= 0.6 is 0 Å². The first-order chi connectivity index (χ1) is 17.0. The average Bonchev–Trinajstić information content (AvgIpc) is 3.47. The number of carbonyl (C=O) groups is 3. The number of anilines is 1. The molecule has 1 aliphatic rings. The number of aliphatic carboxylic acids is 2. The minimum atomic E-state index is -1.20. The second-order valence-corrected chi connectivity index (χ2v) is 8.19. The van der Waals surface area contributed by atoms with Gasteiger partial charge in [-0.05, 0) is 30.9 Å². The van der Waals surface area contributed by atoms with Crippen LogP contribution in [0.3, 0.4) is 0 Å². The molecule has 13 nitrogen and oxygen atoms in total. The number of carbonyl (C=O) groups excluding carboxylic acids is 1. The van der Waals surface area contributed by atoms with Crippen LogP contribution < -0.4 is 5.73 Å². The standard InChI is InChI=1S/C17H21N5O4.2C3H6O2/c1-11(2)7-24-16(23)25-9-17(8-18)6-5-14(26-17)12-3-4-13-15(19)20-10-21-22(12)13;2*1-2-3(4)5/h3-4,10-11,14H,5-7,9H2,1-2H3,(H2,19,20,21);2*2H2,1H3,(H,4,5). The van der Waals surface area contributed by atoms with E-state index >= 15 is 0 Å². The summed E-state index contributed by atoms with van der Waals surface area (Å²) in [5, 5.41) is 29.2. The van der Waals surface area contributed by atoms with Crippen molar-refractivity contribution in [2.24, 2.45) is 5.92 Å². The molecule has 0 saturated carbocycles. The van der Waals surface area contributed by atoms with E-state index in [9.17, 15) is 19.6 Å². The highest BCUT2D eigenvalue weighted by Crippen LogP contribution is 2.40. The normalized spacial score (nSPS) is 18.3. The molecular formula is C23H33N5O8. The molecule has 0 aromatic carbocycles. The molecular weight excluding hydrogens is 474 g/mol. The van der Waals surface area contributed by atoms with E-state index in [-0.39, 0.29) is 38.1 Å². The molecule has 0 spiro atoms. The number of rotatable bonds is 7. The zero-order valence-electron chi connectivity index (χ0n) is 20.8. The summed E-state index contributed by atoms with van der Waals surface area (Å²) in [6.45, 7) is 7.13. The van der Waals surface area contributed by atoms with Crippen LogP contribution in [0, 0.1) is 17.2 Å². The summed E-state index contributed by atoms with van der Waals surface area (Å²) in [7, 11) is 0. The number of aromatic nitrogens is 3. The van der Waals surface area contributed by atoms with E-state index < -0.39 is 23.7 Å². The number of hydrogen-bond donors (Lipinski definition) is 3. The summed E-state index contributed by atoms with van der Waals surface area (Å²) in [4.78, 5) is 34.3. The third-order valence-electron chi connectivity index (χ3n) is 4.79. The number of nitrogen functional groups attached to an aromatic ring is 1. The molecule has 36 heavy (non-hydrogen) atoms. The Hall–Kier alpha value is -3.92. The maximum atomic E-state index is 11.6. The fraction of sp³-hybridized carbons (Fsp3) is 0.565. The fourth-order valence-electron chi connectivity index (χ4n) is 2.85. The highest BCUT2D eigenvalue weighted by molar-refractivity contribution is 5.66. The molecule has 1 fully saturated rings. The number of hydrogen-bond acceptors (Lipinski definition) is 10. The molecule has 2 aromatic rings. The lowest BCUT2D eigenvalue weighted by molar-refractivity contribution is -0.137. The van der Waals surface area contributed by atoms with Crippen molar-refractivity contribution < 1.29 is 38.8 Å². The number of ether oxygens (including phenoxy) is 3. The molecule has 0 amide bonds. The van der Waals surface area contributed by atoms with Crippen molar-refractivity contribution in [3.05, 3.63) is 24.2 Å². The summed E-state index contributed by atoms with van der Waals surface area (Å²) >= 11 is 0. The molecule has 0 aliphatic carbocycles. The van der Waals surface area contributed by atoms with Crippen LogP contribution in [0.4, 0.5) is 10.6 Å². The first kappa shape index (κ1) is 30.1. The topological polar surface area (TPSA) is 199 Å². The Balaban J connectivity index is 0.000000550. The molecule has 0 radical (unpaired) electrons. The Kier molecular flexibility index (Phi) is 12.1. The van der Waals surface area contributed by atoms with E-state index in [4.69, 9.17) is 30.2 Å². The number of nitrogens with two attached hydrogens (primary N) is 1. The van der Waals surface area contributed by atoms with Gasteiger partial charge in [-0.25, -0.2) is 14.3 Å². The van der Waals surface area contributed by atoms with Gasteiger partial charge in [0.05, 0.1) is 12.3 Å². The van der Waals surface area contributed by atoms with Crippen LogP contribution in [-0.2, 0) is 23.8 Å². The minimum absolute atomic E-state index is 0.183. The Morgan fingerprint density at radius 3 is 2.39 bits per heavy atom. The van der Waals surface area contributed by atoms with Crippen molar-refractivity contribution in [3.8, 4) is 6.07 Å². The molecule has 3 rings (SSSR count). The zero-order valence-corrected chi connectivity index (χ0v) is 20.8. The molecule has 4 N–H and O–H groups in total. The Labute approximate surface area is 208 Å². The van der Waals surface area contributed by atoms with Gasteiger partial charge in [0.2, 0.25) is 0 Å². The van der Waals surface area contributed by atoms with Gasteiger partial charge in [-0.1, -0.05) is 27.7 Å². The molecule has 13 heteroatoms. The first-order valence-corrected chi connectivity index (χ1v) is 11.4. The minimum Gasteiger partial charge on any atom is -0.481 e. The van der Waals surface area contributed by atoms with Crippen LogP contribution in [0.5, 0.6) is 0 Å². The van der Waals surface area contributed by atoms with Crippen LogP contribution in [0.2, 0.25) is 0 Å². The maximum Gasteiger partial charge on any atom is 0.508 e. The van der Waals surface area contributed by atoms with Crippen molar-refractivity contribution in [1.82, 2.24) is 14.6 Å². The van der Waals surface area contributed by atoms with Gasteiger partial charge < -0.3 is 30.2 Å². The quantitative estimate of drug-likeness (QED) is 0.463. The second kappa shape index (κ2) is 14.5. The number of nitrogens with zero attached hydrogens (tertiary/aromatic N) is 4. The molecule has 1 aliphatic heterocycles. The average molecular weight is 508 g/mol. The Morgan fingerprint density at radius 1 is 1.25 bits per heavy atom. The Bertz CT molecular complexity index is 1050. The third kappa shape index (κ3) is 9.38. The smallest absolute Gasteiger partial charge is 0.481 e. The van der Waals surface area contributed by atoms with E-state index in [0.29, 0.717) is 24.2 Å². The van der Waals surface area contributed by atoms with Crippen molar-refractivity contribution >= 4 is 29.4 Å². The lowest BCUT2D eigenvalue weighted by Gasteiger charge is -2.21. The van der Waals surface area contributed by atoms with Crippen LogP contribution in [0.1, 0.15) is 65.2 Å². The van der Waals surface area contributed by atoms with Gasteiger partial charge in [-0.2, -0.15) is 10.4 Å². The molecule has 2 aromatic heterocycles. The highest BCUT2D eigenvalue weighted by Gasteiger charge is 2.43. The van der Waals surface area contributed by atoms with E-state index in [1.54, 1.807) is 24.4 Å². The van der Waals surface area contributed by atoms with E-state index in [0.717, 1.165) is 5.69 Å². The maximum absolute atomic E-state index is 11.6. The summed E-state index contributed by atoms with van der Waals surface area (Å²) in [6, 6.07) is 5.78. The van der Waals surface area contributed by atoms with Crippen LogP contribution in [-0.4, -0.2) is 61.7 Å². The zero-order chi connectivity index (χ0) is 27.3. The number of carboxylic acid groups (broad SMARTS) is 2. The van der Waals surface area contributed by atoms with Gasteiger partial charge >= 0.3 is 18.1 Å². The number of carboxylic acids is 2. The van der Waals surface area contributed by atoms with Crippen LogP contribution in [0.25, 0.3) is 5.52 Å². The molecule has 3 heterocycles. The van der Waals surface area contributed by atoms with Crippen molar-refractivity contribution in [1.29, 1.82) is 5.26 Å². The number of nitriles is 1. The summed E-state index contributed by atoms with van der Waals surface area (Å²) < 4.78 is 17.6. The van der Waals surface area contributed by atoms with Gasteiger partial charge in [0, 0.05) is 12.8 Å². The first-order valence-electron chi connectivity index (χ1n) is 11.4. The fourth-order valence-corrected chi connectivity index (χ4v) is 2.85. The second-order valence-electron chi connectivity index (χ2n) is 8.19. The van der Waals surface area contributed by atoms with Crippen molar-refractivity contribution in [2.45, 2.75) is 65.1 Å². The Morgan fingerprint density at radius 2 is 1.86 bits per heavy atom. The lowest BCUT2D eigenvalue weighted by Crippen LogP contribution is -2.33. The SMILES string of the molecule is CC(C)COC(=O)OCC1(C#N)CCC(c2ccc3c(N)ncnn23)O1.CCC(=O)O.CCC(=O)O. The predicted molar refractivity (Wildman–Crippen MR) is 127 cm³/mol. The van der Waals surface area contributed by atoms with E-state index in [2.05, 4.69) is 16.2 Å². The molecule has 198 valence electrons. The van der Waals surface area contributed by atoms with Gasteiger partial charge in [0.25, 0.3) is 0 Å². The molecule has 0 bridgehead atoms. The van der Waals surface area contributed by atoms with E-state index in [1.807, 2.05) is 19.9 Å². The molecule has 1 saturated heterocycles. The van der Waals surface area contributed by atoms with Gasteiger partial charge in [0.15, 0.2) is 11.4 Å². The third-order valence-corrected chi connectivity index (χ3v) is 4.79. The van der Waals surface area contributed by atoms with E-state index in [1.165, 1.54) is 6.33 Å². The molecule has 2 unspecified atom stereocenters.